The van der Waals surface area contributed by atoms with Gasteiger partial charge in [0.15, 0.2) is 0 Å². The number of unbranched alkanes of at least 4 members (excludes halogenated alkanes) is 3. The van der Waals surface area contributed by atoms with E-state index in [1.54, 1.807) is 45.0 Å². The van der Waals surface area contributed by atoms with Crippen molar-refractivity contribution in [1.29, 1.82) is 0 Å². The normalized spacial score (nSPS) is 12.5. The van der Waals surface area contributed by atoms with Crippen molar-refractivity contribution in [2.45, 2.75) is 84.0 Å². The molecule has 0 aliphatic heterocycles. The Labute approximate surface area is 260 Å². The number of hydrogen-bond acceptors (Lipinski definition) is 6. The monoisotopic (exact) mass is 603 g/mol. The van der Waals surface area contributed by atoms with Gasteiger partial charge in [-0.1, -0.05) is 80.8 Å². The highest BCUT2D eigenvalue weighted by molar-refractivity contribution is 5.92. The van der Waals surface area contributed by atoms with Crippen molar-refractivity contribution in [1.82, 2.24) is 15.5 Å². The van der Waals surface area contributed by atoms with E-state index in [0.29, 0.717) is 17.5 Å². The van der Waals surface area contributed by atoms with Crippen molar-refractivity contribution in [3.8, 4) is 11.5 Å². The molecule has 3 aromatic carbocycles. The molecule has 4 N–H and O–H groups in total. The van der Waals surface area contributed by atoms with Gasteiger partial charge in [0.05, 0.1) is 0 Å². The van der Waals surface area contributed by atoms with Crippen molar-refractivity contribution >= 4 is 17.9 Å². The summed E-state index contributed by atoms with van der Waals surface area (Å²) in [7, 11) is 0. The number of hydrogen-bond donors (Lipinski definition) is 4. The molecule has 0 aliphatic rings. The quantitative estimate of drug-likeness (QED) is 0.167. The Bertz CT molecular complexity index is 1350. The van der Waals surface area contributed by atoms with Gasteiger partial charge < -0.3 is 30.5 Å². The molecule has 3 aromatic rings. The highest BCUT2D eigenvalue weighted by Crippen LogP contribution is 2.27. The van der Waals surface area contributed by atoms with Gasteiger partial charge in [-0.15, -0.1) is 0 Å². The van der Waals surface area contributed by atoms with Crippen molar-refractivity contribution in [2.75, 3.05) is 6.54 Å². The Morgan fingerprint density at radius 1 is 0.841 bits per heavy atom. The molecule has 0 aliphatic carbocycles. The zero-order chi connectivity index (χ0) is 32.1. The molecule has 44 heavy (non-hydrogen) atoms. The molecule has 0 bridgehead atoms. The fraction of sp³-hybridized carbons (Fsp3) is 0.400. The van der Waals surface area contributed by atoms with Gasteiger partial charge in [-0.05, 0) is 68.1 Å². The van der Waals surface area contributed by atoms with E-state index in [0.717, 1.165) is 24.8 Å². The molecule has 236 valence electrons. The van der Waals surface area contributed by atoms with Crippen LogP contribution >= 0.6 is 0 Å². The average molecular weight is 604 g/mol. The van der Waals surface area contributed by atoms with Crippen LogP contribution in [0, 0.1) is 0 Å². The van der Waals surface area contributed by atoms with Crippen LogP contribution in [-0.2, 0) is 27.3 Å². The molecular formula is C35H45N3O6. The maximum absolute atomic E-state index is 14.5. The van der Waals surface area contributed by atoms with Crippen LogP contribution < -0.4 is 10.6 Å². The van der Waals surface area contributed by atoms with Gasteiger partial charge >= 0.3 is 6.09 Å². The fourth-order valence-electron chi connectivity index (χ4n) is 4.84. The summed E-state index contributed by atoms with van der Waals surface area (Å²) in [6.45, 7) is 7.79. The molecule has 3 amide bonds. The maximum Gasteiger partial charge on any atom is 0.408 e. The Kier molecular flexibility index (Phi) is 12.6. The topological polar surface area (TPSA) is 128 Å². The summed E-state index contributed by atoms with van der Waals surface area (Å²) in [5.74, 6) is -0.838. The summed E-state index contributed by atoms with van der Waals surface area (Å²) in [6, 6.07) is 20.0. The van der Waals surface area contributed by atoms with Gasteiger partial charge in [0.25, 0.3) is 0 Å². The summed E-state index contributed by atoms with van der Waals surface area (Å²) in [4.78, 5) is 42.9. The number of carbonyl (C=O) groups excluding carboxylic acids is 3. The number of nitrogens with one attached hydrogen (secondary N) is 2. The van der Waals surface area contributed by atoms with E-state index in [1.807, 2.05) is 30.3 Å². The van der Waals surface area contributed by atoms with E-state index in [2.05, 4.69) is 17.6 Å². The number of nitrogens with zero attached hydrogens (tertiary/aromatic N) is 1. The van der Waals surface area contributed by atoms with Crippen molar-refractivity contribution in [3.05, 3.63) is 95.6 Å². The van der Waals surface area contributed by atoms with E-state index < -0.39 is 35.6 Å². The number of carbonyl (C=O) groups is 3. The first-order valence-corrected chi connectivity index (χ1v) is 15.2. The first-order chi connectivity index (χ1) is 21.0. The van der Waals surface area contributed by atoms with E-state index >= 15 is 0 Å². The molecule has 3 rings (SSSR count). The minimum Gasteiger partial charge on any atom is -0.508 e. The summed E-state index contributed by atoms with van der Waals surface area (Å²) in [5.41, 5.74) is 1.25. The van der Waals surface area contributed by atoms with E-state index in [-0.39, 0.29) is 31.0 Å². The van der Waals surface area contributed by atoms with Crippen LogP contribution in [0.3, 0.4) is 0 Å². The van der Waals surface area contributed by atoms with Crippen LogP contribution in [0.5, 0.6) is 11.5 Å². The van der Waals surface area contributed by atoms with E-state index in [9.17, 15) is 24.6 Å². The zero-order valence-electron chi connectivity index (χ0n) is 26.1. The molecule has 0 radical (unpaired) electrons. The molecule has 2 unspecified atom stereocenters. The lowest BCUT2D eigenvalue weighted by atomic mass is 9.99. The van der Waals surface area contributed by atoms with Crippen LogP contribution in [-0.4, -0.2) is 51.2 Å². The van der Waals surface area contributed by atoms with Crippen molar-refractivity contribution in [2.24, 2.45) is 0 Å². The minimum absolute atomic E-state index is 0.0331. The SMILES string of the molecule is CCCCCCN(C(=O)C(Cc1ccc(O)cc1)NC(=O)OC(C)(C)C)C(C(=O)NCc1ccccc1)c1cccc(O)c1. The second-order valence-corrected chi connectivity index (χ2v) is 11.9. The number of ether oxygens (including phenoxy) is 1. The van der Waals surface area contributed by atoms with Gasteiger partial charge in [-0.2, -0.15) is 0 Å². The Hall–Kier alpha value is -4.53. The summed E-state index contributed by atoms with van der Waals surface area (Å²) >= 11 is 0. The first kappa shape index (κ1) is 34.0. The number of phenols is 2. The number of aromatic hydroxyl groups is 2. The number of phenolic OH excluding ortho intramolecular Hbond substituents is 2. The smallest absolute Gasteiger partial charge is 0.408 e. The standard InChI is InChI=1S/C35H45N3O6/c1-5-6-7-11-21-38(31(27-15-12-16-29(40)23-27)32(41)36-24-26-13-9-8-10-14-26)33(42)30(37-34(43)44-35(2,3)4)22-25-17-19-28(39)20-18-25/h8-10,12-20,23,30-31,39-40H,5-7,11,21-22,24H2,1-4H3,(H,36,41)(H,37,43). The third-order valence-electron chi connectivity index (χ3n) is 6.96. The summed E-state index contributed by atoms with van der Waals surface area (Å²) < 4.78 is 5.49. The van der Waals surface area contributed by atoms with Crippen LogP contribution in [0.1, 0.15) is 76.1 Å². The zero-order valence-corrected chi connectivity index (χ0v) is 26.1. The number of alkyl carbamates (subject to hydrolysis) is 1. The molecule has 9 heteroatoms. The van der Waals surface area contributed by atoms with Crippen LogP contribution in [0.4, 0.5) is 4.79 Å². The molecule has 0 aromatic heterocycles. The molecule has 2 atom stereocenters. The van der Waals surface area contributed by atoms with Gasteiger partial charge in [0, 0.05) is 19.5 Å². The molecule has 0 heterocycles. The number of rotatable bonds is 14. The molecule has 9 nitrogen and oxygen atoms in total. The first-order valence-electron chi connectivity index (χ1n) is 15.2. The third-order valence-corrected chi connectivity index (χ3v) is 6.96. The van der Waals surface area contributed by atoms with E-state index in [1.165, 1.54) is 29.2 Å². The third kappa shape index (κ3) is 10.9. The summed E-state index contributed by atoms with van der Waals surface area (Å²) in [6.07, 6.45) is 2.78. The lowest BCUT2D eigenvalue weighted by Crippen LogP contribution is -2.54. The largest absolute Gasteiger partial charge is 0.508 e. The number of benzene rings is 3. The second-order valence-electron chi connectivity index (χ2n) is 11.9. The fourth-order valence-corrected chi connectivity index (χ4v) is 4.84. The maximum atomic E-state index is 14.5. The predicted octanol–water partition coefficient (Wildman–Crippen LogP) is 6.00. The molecule has 0 saturated carbocycles. The van der Waals surface area contributed by atoms with Gasteiger partial charge in [-0.25, -0.2) is 4.79 Å². The average Bonchev–Trinajstić information content (AvgIpc) is 2.97. The van der Waals surface area contributed by atoms with Crippen LogP contribution in [0.2, 0.25) is 0 Å². The minimum atomic E-state index is -1.08. The van der Waals surface area contributed by atoms with E-state index in [4.69, 9.17) is 4.74 Å². The van der Waals surface area contributed by atoms with Gasteiger partial charge in [0.1, 0.15) is 29.2 Å². The second kappa shape index (κ2) is 16.4. The molecular weight excluding hydrogens is 558 g/mol. The van der Waals surface area contributed by atoms with Crippen LogP contribution in [0.25, 0.3) is 0 Å². The highest BCUT2D eigenvalue weighted by atomic mass is 16.6. The molecule has 0 saturated heterocycles. The predicted molar refractivity (Wildman–Crippen MR) is 170 cm³/mol. The summed E-state index contributed by atoms with van der Waals surface area (Å²) in [5, 5.41) is 25.8. The highest BCUT2D eigenvalue weighted by Gasteiger charge is 2.36. The molecule has 0 fully saturated rings. The van der Waals surface area contributed by atoms with Crippen LogP contribution in [0.15, 0.2) is 78.9 Å². The Balaban J connectivity index is 2.02. The lowest BCUT2D eigenvalue weighted by Gasteiger charge is -2.35. The van der Waals surface area contributed by atoms with Gasteiger partial charge in [0.2, 0.25) is 11.8 Å². The lowest BCUT2D eigenvalue weighted by molar-refractivity contribution is -0.142. The Morgan fingerprint density at radius 3 is 2.18 bits per heavy atom. The van der Waals surface area contributed by atoms with Crippen molar-refractivity contribution < 1.29 is 29.3 Å². The Morgan fingerprint density at radius 2 is 1.55 bits per heavy atom. The number of amides is 3. The molecule has 0 spiro atoms. The van der Waals surface area contributed by atoms with Crippen molar-refractivity contribution in [3.63, 3.8) is 0 Å². The van der Waals surface area contributed by atoms with Gasteiger partial charge in [-0.3, -0.25) is 9.59 Å².